The predicted octanol–water partition coefficient (Wildman–Crippen LogP) is -0.189. The van der Waals surface area contributed by atoms with Crippen molar-refractivity contribution in [3.8, 4) is 0 Å². The van der Waals surface area contributed by atoms with Gasteiger partial charge in [0, 0.05) is 6.20 Å². The monoisotopic (exact) mass is 152 g/mol. The second-order valence-electron chi connectivity index (χ2n) is 1.62. The minimum atomic E-state index is -0.0438. The molecule has 0 aromatic heterocycles. The van der Waals surface area contributed by atoms with Crippen LogP contribution < -0.4 is 5.73 Å². The Labute approximate surface area is 64.1 Å². The highest BCUT2D eigenvalue weighted by Crippen LogP contribution is 1.82. The van der Waals surface area contributed by atoms with Crippen LogP contribution >= 0.6 is 0 Å². The lowest BCUT2D eigenvalue weighted by Gasteiger charge is -1.87. The van der Waals surface area contributed by atoms with E-state index in [1.54, 1.807) is 0 Å². The molecule has 0 aromatic rings. The SMILES string of the molecule is C=CN=C(C=O)/C=C(\N)C=O. The van der Waals surface area contributed by atoms with Crippen LogP contribution in [-0.4, -0.2) is 18.3 Å². The molecule has 0 unspecified atom stereocenters. The van der Waals surface area contributed by atoms with Gasteiger partial charge in [-0.15, -0.1) is 0 Å². The maximum Gasteiger partial charge on any atom is 0.168 e. The average Bonchev–Trinajstić information content (AvgIpc) is 2.03. The molecule has 0 aliphatic rings. The molecule has 0 saturated heterocycles. The van der Waals surface area contributed by atoms with E-state index in [9.17, 15) is 9.59 Å². The zero-order valence-electron chi connectivity index (χ0n) is 5.86. The number of hydrogen-bond acceptors (Lipinski definition) is 4. The third-order valence-corrected chi connectivity index (χ3v) is 0.812. The van der Waals surface area contributed by atoms with E-state index in [1.807, 2.05) is 0 Å². The Morgan fingerprint density at radius 2 is 2.00 bits per heavy atom. The molecule has 0 heterocycles. The van der Waals surface area contributed by atoms with Crippen molar-refractivity contribution in [1.82, 2.24) is 0 Å². The molecule has 0 amide bonds. The van der Waals surface area contributed by atoms with Crippen LogP contribution in [0.3, 0.4) is 0 Å². The van der Waals surface area contributed by atoms with Crippen LogP contribution in [0.5, 0.6) is 0 Å². The summed E-state index contributed by atoms with van der Waals surface area (Å²) in [6, 6.07) is 0. The molecular formula is C7H8N2O2. The third kappa shape index (κ3) is 3.80. The zero-order chi connectivity index (χ0) is 8.69. The van der Waals surface area contributed by atoms with E-state index in [-0.39, 0.29) is 11.4 Å². The molecular weight excluding hydrogens is 144 g/mol. The lowest BCUT2D eigenvalue weighted by molar-refractivity contribution is -0.105. The van der Waals surface area contributed by atoms with Crippen LogP contribution in [0.2, 0.25) is 0 Å². The number of aldehydes is 2. The van der Waals surface area contributed by atoms with Gasteiger partial charge in [0.25, 0.3) is 0 Å². The van der Waals surface area contributed by atoms with E-state index >= 15 is 0 Å². The number of nitrogens with two attached hydrogens (primary N) is 1. The maximum atomic E-state index is 10.2. The normalized spacial score (nSPS) is 12.4. The van der Waals surface area contributed by atoms with Gasteiger partial charge in [-0.1, -0.05) is 6.58 Å². The molecule has 58 valence electrons. The van der Waals surface area contributed by atoms with Crippen molar-refractivity contribution in [3.63, 3.8) is 0 Å². The minimum absolute atomic E-state index is 0.0438. The van der Waals surface area contributed by atoms with Crippen molar-refractivity contribution in [2.45, 2.75) is 0 Å². The highest BCUT2D eigenvalue weighted by Gasteiger charge is 1.91. The van der Waals surface area contributed by atoms with Crippen molar-refractivity contribution in [1.29, 1.82) is 0 Å². The molecule has 0 aromatic carbocycles. The zero-order valence-corrected chi connectivity index (χ0v) is 5.86. The fourth-order valence-electron chi connectivity index (χ4n) is 0.412. The number of carbonyl (C=O) groups is 2. The molecule has 0 fully saturated rings. The maximum absolute atomic E-state index is 10.2. The van der Waals surface area contributed by atoms with Crippen molar-refractivity contribution < 1.29 is 9.59 Å². The largest absolute Gasteiger partial charge is 0.396 e. The van der Waals surface area contributed by atoms with Crippen molar-refractivity contribution in [2.75, 3.05) is 0 Å². The molecule has 0 aliphatic carbocycles. The van der Waals surface area contributed by atoms with Gasteiger partial charge in [-0.3, -0.25) is 14.6 Å². The van der Waals surface area contributed by atoms with Gasteiger partial charge in [0.2, 0.25) is 0 Å². The second-order valence-corrected chi connectivity index (χ2v) is 1.62. The van der Waals surface area contributed by atoms with Gasteiger partial charge in [-0.25, -0.2) is 0 Å². The van der Waals surface area contributed by atoms with Gasteiger partial charge in [-0.2, -0.15) is 0 Å². The molecule has 0 atom stereocenters. The van der Waals surface area contributed by atoms with Crippen molar-refractivity contribution >= 4 is 18.3 Å². The van der Waals surface area contributed by atoms with Gasteiger partial charge in [0.15, 0.2) is 12.6 Å². The van der Waals surface area contributed by atoms with E-state index in [0.717, 1.165) is 0 Å². The van der Waals surface area contributed by atoms with Gasteiger partial charge in [-0.05, 0) is 6.08 Å². The van der Waals surface area contributed by atoms with Crippen LogP contribution in [0, 0.1) is 0 Å². The van der Waals surface area contributed by atoms with Gasteiger partial charge >= 0.3 is 0 Å². The Balaban J connectivity index is 4.53. The first-order valence-electron chi connectivity index (χ1n) is 2.80. The number of carbonyl (C=O) groups excluding carboxylic acids is 2. The molecule has 0 saturated carbocycles. The topological polar surface area (TPSA) is 72.5 Å². The highest BCUT2D eigenvalue weighted by molar-refractivity contribution is 6.34. The molecule has 4 heteroatoms. The summed E-state index contributed by atoms with van der Waals surface area (Å²) in [6.07, 6.45) is 3.28. The Morgan fingerprint density at radius 3 is 2.36 bits per heavy atom. The summed E-state index contributed by atoms with van der Waals surface area (Å²) in [4.78, 5) is 23.7. The smallest absolute Gasteiger partial charge is 0.168 e. The summed E-state index contributed by atoms with van der Waals surface area (Å²) < 4.78 is 0. The Kier molecular flexibility index (Phi) is 4.31. The molecule has 2 N–H and O–H groups in total. The van der Waals surface area contributed by atoms with Crippen LogP contribution in [-0.2, 0) is 9.59 Å². The lowest BCUT2D eigenvalue weighted by Crippen LogP contribution is -2.03. The van der Waals surface area contributed by atoms with E-state index in [4.69, 9.17) is 5.73 Å². The minimum Gasteiger partial charge on any atom is -0.396 e. The molecule has 0 aliphatic heterocycles. The van der Waals surface area contributed by atoms with Gasteiger partial charge in [0.1, 0.15) is 5.71 Å². The van der Waals surface area contributed by atoms with Crippen LogP contribution in [0.4, 0.5) is 0 Å². The van der Waals surface area contributed by atoms with Gasteiger partial charge < -0.3 is 5.73 Å². The molecule has 11 heavy (non-hydrogen) atoms. The number of hydrogen-bond donors (Lipinski definition) is 1. The fourth-order valence-corrected chi connectivity index (χ4v) is 0.412. The lowest BCUT2D eigenvalue weighted by atomic mass is 10.3. The summed E-state index contributed by atoms with van der Waals surface area (Å²) in [5.74, 6) is 0. The van der Waals surface area contributed by atoms with E-state index in [0.29, 0.717) is 12.6 Å². The highest BCUT2D eigenvalue weighted by atomic mass is 16.1. The van der Waals surface area contributed by atoms with E-state index < -0.39 is 0 Å². The standard InChI is InChI=1S/C7H8N2O2/c1-2-9-7(5-11)3-6(8)4-10/h2-5H,1,8H2/b6-3-,9-7?. The summed E-state index contributed by atoms with van der Waals surface area (Å²) >= 11 is 0. The molecule has 0 radical (unpaired) electrons. The molecule has 0 rings (SSSR count). The third-order valence-electron chi connectivity index (χ3n) is 0.812. The number of nitrogens with zero attached hydrogens (tertiary/aromatic N) is 1. The summed E-state index contributed by atoms with van der Waals surface area (Å²) in [5, 5.41) is 0. The molecule has 4 nitrogen and oxygen atoms in total. The predicted molar refractivity (Wildman–Crippen MR) is 42.0 cm³/mol. The fraction of sp³-hybridized carbons (Fsp3) is 0. The Bertz CT molecular complexity index is 229. The first-order valence-corrected chi connectivity index (χ1v) is 2.80. The summed E-state index contributed by atoms with van der Waals surface area (Å²) in [5.41, 5.74) is 5.13. The Morgan fingerprint density at radius 1 is 1.36 bits per heavy atom. The summed E-state index contributed by atoms with van der Waals surface area (Å²) in [7, 11) is 0. The first-order chi connectivity index (χ1) is 5.24. The number of rotatable bonds is 4. The van der Waals surface area contributed by atoms with Gasteiger partial charge in [0.05, 0.1) is 5.70 Å². The van der Waals surface area contributed by atoms with Crippen molar-refractivity contribution in [3.05, 3.63) is 24.6 Å². The van der Waals surface area contributed by atoms with Crippen LogP contribution in [0.1, 0.15) is 0 Å². The van der Waals surface area contributed by atoms with Crippen molar-refractivity contribution in [2.24, 2.45) is 10.7 Å². The average molecular weight is 152 g/mol. The van der Waals surface area contributed by atoms with E-state index in [1.165, 1.54) is 12.3 Å². The second kappa shape index (κ2) is 5.10. The van der Waals surface area contributed by atoms with E-state index in [2.05, 4.69) is 11.6 Å². The number of aliphatic imine (C=N–C) groups is 1. The molecule has 0 spiro atoms. The van der Waals surface area contributed by atoms with Crippen LogP contribution in [0.25, 0.3) is 0 Å². The quantitative estimate of drug-likeness (QED) is 0.345. The summed E-state index contributed by atoms with van der Waals surface area (Å²) in [6.45, 7) is 3.28. The van der Waals surface area contributed by atoms with Crippen LogP contribution in [0.15, 0.2) is 29.5 Å². The Hall–Kier alpha value is -1.71. The first kappa shape index (κ1) is 9.29. The molecule has 0 bridgehead atoms. The number of allylic oxidation sites excluding steroid dienone is 2.